The highest BCUT2D eigenvalue weighted by Gasteiger charge is 2.41. The molecule has 0 saturated carbocycles. The summed E-state index contributed by atoms with van der Waals surface area (Å²) < 4.78 is 7.57. The van der Waals surface area contributed by atoms with Gasteiger partial charge in [0.15, 0.2) is 5.60 Å². The molecular formula is C29H25BCl3N3O4. The molecule has 2 aliphatic heterocycles. The maximum absolute atomic E-state index is 13.3. The first-order chi connectivity index (χ1) is 19.0. The van der Waals surface area contributed by atoms with E-state index in [4.69, 9.17) is 44.3 Å². The van der Waals surface area contributed by atoms with Gasteiger partial charge in [-0.1, -0.05) is 58.2 Å². The molecule has 0 radical (unpaired) electrons. The summed E-state index contributed by atoms with van der Waals surface area (Å²) in [6, 6.07) is 16.7. The van der Waals surface area contributed by atoms with E-state index in [0.717, 1.165) is 39.1 Å². The Balaban J connectivity index is 1.21. The minimum Gasteiger partial charge on any atom is -0.423 e. The van der Waals surface area contributed by atoms with Gasteiger partial charge < -0.3 is 24.2 Å². The fourth-order valence-electron chi connectivity index (χ4n) is 5.42. The van der Waals surface area contributed by atoms with E-state index in [9.17, 15) is 9.82 Å². The second kappa shape index (κ2) is 9.82. The highest BCUT2D eigenvalue weighted by atomic mass is 35.5. The number of oxime groups is 1. The van der Waals surface area contributed by atoms with Crippen molar-refractivity contribution >= 4 is 64.5 Å². The number of carbonyl (C=O) groups excluding carboxylic acids is 1. The number of rotatable bonds is 5. The number of halogens is 3. The molecule has 11 heteroatoms. The Bertz CT molecular complexity index is 1700. The van der Waals surface area contributed by atoms with E-state index in [2.05, 4.69) is 10.5 Å². The number of pyridine rings is 1. The van der Waals surface area contributed by atoms with Gasteiger partial charge >= 0.3 is 7.12 Å². The molecule has 4 heterocycles. The van der Waals surface area contributed by atoms with Gasteiger partial charge in [0.25, 0.3) is 5.91 Å². The van der Waals surface area contributed by atoms with Gasteiger partial charge in [-0.3, -0.25) is 4.79 Å². The minimum atomic E-state index is -0.980. The zero-order valence-corrected chi connectivity index (χ0v) is 24.2. The summed E-state index contributed by atoms with van der Waals surface area (Å²) in [5, 5.41) is 18.7. The van der Waals surface area contributed by atoms with E-state index in [-0.39, 0.29) is 5.91 Å². The molecule has 2 aliphatic rings. The van der Waals surface area contributed by atoms with E-state index < -0.39 is 18.3 Å². The maximum Gasteiger partial charge on any atom is 0.492 e. The summed E-state index contributed by atoms with van der Waals surface area (Å²) in [5.41, 5.74) is 4.76. The number of fused-ring (bicyclic) bond motifs is 2. The van der Waals surface area contributed by atoms with Crippen molar-refractivity contribution in [3.63, 3.8) is 0 Å². The van der Waals surface area contributed by atoms with Crippen LogP contribution in [0.1, 0.15) is 59.9 Å². The van der Waals surface area contributed by atoms with Gasteiger partial charge in [-0.25, -0.2) is 0 Å². The SMILES string of the molecule is CC1(C)OB(O)c2cc(CNC(=O)c3ccc(C4=NOC(C)(c5cc(Cl)c(Cl)c(Cl)c5)C4)n4cccc34)ccc21. The van der Waals surface area contributed by atoms with Crippen LogP contribution in [0.4, 0.5) is 0 Å². The molecule has 0 aliphatic carbocycles. The molecule has 0 saturated heterocycles. The van der Waals surface area contributed by atoms with Crippen molar-refractivity contribution in [3.8, 4) is 0 Å². The van der Waals surface area contributed by atoms with Gasteiger partial charge in [0.05, 0.1) is 37.4 Å². The highest BCUT2D eigenvalue weighted by Crippen LogP contribution is 2.41. The summed E-state index contributed by atoms with van der Waals surface area (Å²) in [6.45, 7) is 6.06. The first-order valence-electron chi connectivity index (χ1n) is 12.7. The maximum atomic E-state index is 13.3. The Labute approximate surface area is 246 Å². The molecule has 2 aromatic carbocycles. The number of nitrogens with one attached hydrogen (secondary N) is 1. The van der Waals surface area contributed by atoms with Crippen molar-refractivity contribution < 1.29 is 19.3 Å². The van der Waals surface area contributed by atoms with Gasteiger partial charge in [-0.2, -0.15) is 0 Å². The first kappa shape index (κ1) is 27.2. The molecule has 1 amide bonds. The molecule has 1 unspecified atom stereocenters. The predicted octanol–water partition coefficient (Wildman–Crippen LogP) is 5.82. The van der Waals surface area contributed by atoms with E-state index in [1.54, 1.807) is 18.2 Å². The quantitative estimate of drug-likeness (QED) is 0.225. The Morgan fingerprint density at radius 3 is 2.60 bits per heavy atom. The summed E-state index contributed by atoms with van der Waals surface area (Å²) in [6.07, 6.45) is 2.35. The Morgan fingerprint density at radius 1 is 1.10 bits per heavy atom. The Morgan fingerprint density at radius 2 is 1.85 bits per heavy atom. The smallest absolute Gasteiger partial charge is 0.423 e. The Hall–Kier alpha value is -3.01. The van der Waals surface area contributed by atoms with Crippen molar-refractivity contribution in [3.05, 3.63) is 104 Å². The fourth-order valence-corrected chi connectivity index (χ4v) is 6.01. The van der Waals surface area contributed by atoms with Crippen LogP contribution in [-0.2, 0) is 27.2 Å². The lowest BCUT2D eigenvalue weighted by Gasteiger charge is -2.23. The molecule has 2 N–H and O–H groups in total. The summed E-state index contributed by atoms with van der Waals surface area (Å²) >= 11 is 18.7. The van der Waals surface area contributed by atoms with E-state index in [1.165, 1.54) is 0 Å². The van der Waals surface area contributed by atoms with E-state index in [0.29, 0.717) is 33.6 Å². The van der Waals surface area contributed by atoms with Crippen LogP contribution in [0.5, 0.6) is 0 Å². The fraction of sp³-hybridized carbons (Fsp3) is 0.241. The molecule has 2 aromatic heterocycles. The number of amides is 1. The van der Waals surface area contributed by atoms with Gasteiger partial charge in [-0.15, -0.1) is 0 Å². The normalized spacial score (nSPS) is 19.5. The lowest BCUT2D eigenvalue weighted by atomic mass is 9.77. The number of hydrogen-bond donors (Lipinski definition) is 2. The van der Waals surface area contributed by atoms with Crippen LogP contribution in [0.25, 0.3) is 5.52 Å². The van der Waals surface area contributed by atoms with Crippen LogP contribution < -0.4 is 10.8 Å². The van der Waals surface area contributed by atoms with Crippen LogP contribution in [0.2, 0.25) is 15.1 Å². The summed E-state index contributed by atoms with van der Waals surface area (Å²) in [4.78, 5) is 19.1. The third kappa shape index (κ3) is 4.58. The van der Waals surface area contributed by atoms with Crippen molar-refractivity contribution in [2.24, 2.45) is 5.16 Å². The molecule has 6 rings (SSSR count). The van der Waals surface area contributed by atoms with Crippen molar-refractivity contribution in [1.29, 1.82) is 0 Å². The van der Waals surface area contributed by atoms with Crippen LogP contribution in [-0.4, -0.2) is 28.2 Å². The molecule has 7 nitrogen and oxygen atoms in total. The summed E-state index contributed by atoms with van der Waals surface area (Å²) in [5.74, 6) is -0.215. The van der Waals surface area contributed by atoms with E-state index in [1.807, 2.05) is 67.8 Å². The average molecular weight is 597 g/mol. The lowest BCUT2D eigenvalue weighted by molar-refractivity contribution is -0.00737. The number of aromatic nitrogens is 1. The monoisotopic (exact) mass is 595 g/mol. The van der Waals surface area contributed by atoms with E-state index >= 15 is 0 Å². The number of carbonyl (C=O) groups is 1. The van der Waals surface area contributed by atoms with Gasteiger partial charge in [-0.05, 0) is 73.8 Å². The predicted molar refractivity (Wildman–Crippen MR) is 158 cm³/mol. The molecule has 0 fully saturated rings. The molecule has 1 atom stereocenters. The minimum absolute atomic E-state index is 0.215. The van der Waals surface area contributed by atoms with Crippen molar-refractivity contribution in [2.75, 3.05) is 0 Å². The number of benzene rings is 2. The second-order valence-electron chi connectivity index (χ2n) is 10.8. The molecule has 40 heavy (non-hydrogen) atoms. The standard InChI is InChI=1S/C29H25BCl3N3O4/c1-28(2)19-8-6-16(11-20(19)30(38)39-28)15-34-27(37)18-7-9-25(36-10-4-5-24(18)36)23-14-29(3,40-35-23)17-12-21(31)26(33)22(32)13-17/h4-13,38H,14-15H2,1-3H3,(H,34,37). The van der Waals surface area contributed by atoms with Gasteiger partial charge in [0.1, 0.15) is 5.71 Å². The molecular weight excluding hydrogens is 572 g/mol. The second-order valence-corrected chi connectivity index (χ2v) is 12.0. The van der Waals surface area contributed by atoms with Gasteiger partial charge in [0.2, 0.25) is 0 Å². The molecule has 0 spiro atoms. The average Bonchev–Trinajstić information content (AvgIpc) is 3.62. The summed E-state index contributed by atoms with van der Waals surface area (Å²) in [7, 11) is -0.980. The van der Waals surface area contributed by atoms with Crippen LogP contribution in [0, 0.1) is 0 Å². The van der Waals surface area contributed by atoms with Crippen LogP contribution in [0.15, 0.2) is 65.9 Å². The van der Waals surface area contributed by atoms with Crippen molar-refractivity contribution in [2.45, 2.75) is 44.9 Å². The van der Waals surface area contributed by atoms with Crippen LogP contribution >= 0.6 is 34.8 Å². The number of hydrogen-bond acceptors (Lipinski definition) is 5. The third-order valence-electron chi connectivity index (χ3n) is 7.58. The zero-order valence-electron chi connectivity index (χ0n) is 22.0. The van der Waals surface area contributed by atoms with Crippen LogP contribution in [0.3, 0.4) is 0 Å². The molecule has 204 valence electrons. The zero-order chi connectivity index (χ0) is 28.4. The molecule has 0 bridgehead atoms. The topological polar surface area (TPSA) is 84.6 Å². The number of nitrogens with zero attached hydrogens (tertiary/aromatic N) is 2. The Kier molecular flexibility index (Phi) is 6.67. The lowest BCUT2D eigenvalue weighted by Crippen LogP contribution is -2.30. The van der Waals surface area contributed by atoms with Crippen molar-refractivity contribution in [1.82, 2.24) is 9.72 Å². The molecule has 4 aromatic rings. The van der Waals surface area contributed by atoms with Gasteiger partial charge in [0, 0.05) is 24.7 Å². The largest absolute Gasteiger partial charge is 0.492 e. The third-order valence-corrected chi connectivity index (χ3v) is 8.78. The first-order valence-corrected chi connectivity index (χ1v) is 13.9. The highest BCUT2D eigenvalue weighted by molar-refractivity contribution is 6.62.